The van der Waals surface area contributed by atoms with E-state index in [2.05, 4.69) is 5.32 Å². The average Bonchev–Trinajstić information content (AvgIpc) is 2.34. The Kier molecular flexibility index (Phi) is 4.00. The zero-order valence-corrected chi connectivity index (χ0v) is 10.6. The first-order chi connectivity index (χ1) is 8.20. The summed E-state index contributed by atoms with van der Waals surface area (Å²) in [6.45, 7) is 4.19. The average molecular weight is 237 g/mol. The second-order valence-electron chi connectivity index (χ2n) is 4.83. The van der Waals surface area contributed by atoms with Crippen molar-refractivity contribution in [2.45, 2.75) is 26.2 Å². The van der Waals surface area contributed by atoms with Crippen LogP contribution in [0.5, 0.6) is 5.75 Å². The molecule has 0 aromatic heterocycles. The molecule has 1 saturated heterocycles. The highest BCUT2D eigenvalue weighted by Gasteiger charge is 2.16. The quantitative estimate of drug-likeness (QED) is 0.872. The molecule has 0 spiro atoms. The molecule has 3 heteroatoms. The lowest BCUT2D eigenvalue weighted by Crippen LogP contribution is -2.31. The van der Waals surface area contributed by atoms with Gasteiger partial charge in [0.1, 0.15) is 0 Å². The van der Waals surface area contributed by atoms with Crippen LogP contribution in [0.25, 0.3) is 0 Å². The summed E-state index contributed by atoms with van der Waals surface area (Å²) >= 11 is 0. The van der Waals surface area contributed by atoms with Crippen molar-refractivity contribution in [3.8, 4) is 5.75 Å². The maximum absolute atomic E-state index is 13.6. The van der Waals surface area contributed by atoms with E-state index in [1.165, 1.54) is 20.0 Å². The van der Waals surface area contributed by atoms with Crippen molar-refractivity contribution in [3.63, 3.8) is 0 Å². The molecular formula is C14H20FNO. The van der Waals surface area contributed by atoms with Crippen molar-refractivity contribution in [2.24, 2.45) is 5.92 Å². The molecule has 1 atom stereocenters. The summed E-state index contributed by atoms with van der Waals surface area (Å²) in [4.78, 5) is 0. The number of hydrogen-bond acceptors (Lipinski definition) is 2. The van der Waals surface area contributed by atoms with Gasteiger partial charge in [-0.25, -0.2) is 4.39 Å². The number of nitrogens with one attached hydrogen (secondary N) is 1. The van der Waals surface area contributed by atoms with Crippen LogP contribution in [0, 0.1) is 18.7 Å². The molecule has 17 heavy (non-hydrogen) atoms. The normalized spacial score (nSPS) is 20.3. The first kappa shape index (κ1) is 12.4. The molecule has 0 saturated carbocycles. The highest BCUT2D eigenvalue weighted by Crippen LogP contribution is 2.25. The van der Waals surface area contributed by atoms with E-state index in [-0.39, 0.29) is 5.82 Å². The van der Waals surface area contributed by atoms with Gasteiger partial charge in [-0.3, -0.25) is 0 Å². The van der Waals surface area contributed by atoms with E-state index in [9.17, 15) is 4.39 Å². The van der Waals surface area contributed by atoms with Crippen molar-refractivity contribution >= 4 is 0 Å². The molecule has 1 heterocycles. The smallest absolute Gasteiger partial charge is 0.165 e. The van der Waals surface area contributed by atoms with Gasteiger partial charge in [-0.15, -0.1) is 0 Å². The lowest BCUT2D eigenvalue weighted by molar-refractivity contribution is 0.371. The number of halogens is 1. The van der Waals surface area contributed by atoms with Gasteiger partial charge in [0, 0.05) is 0 Å². The first-order valence-electron chi connectivity index (χ1n) is 6.24. The second kappa shape index (κ2) is 5.50. The van der Waals surface area contributed by atoms with Crippen LogP contribution in [0.1, 0.15) is 24.0 Å². The molecule has 94 valence electrons. The van der Waals surface area contributed by atoms with Gasteiger partial charge in [-0.05, 0) is 68.5 Å². The fraction of sp³-hybridized carbons (Fsp3) is 0.571. The van der Waals surface area contributed by atoms with E-state index in [4.69, 9.17) is 4.74 Å². The molecular weight excluding hydrogens is 217 g/mol. The molecule has 0 aliphatic carbocycles. The standard InChI is InChI=1S/C14H20FNO/c1-10-6-14(17-2)13(15)8-12(10)7-11-4-3-5-16-9-11/h6,8,11,16H,3-5,7,9H2,1-2H3. The topological polar surface area (TPSA) is 21.3 Å². The van der Waals surface area contributed by atoms with Gasteiger partial charge in [0.2, 0.25) is 0 Å². The number of rotatable bonds is 3. The predicted octanol–water partition coefficient (Wildman–Crippen LogP) is 2.68. The van der Waals surface area contributed by atoms with Crippen molar-refractivity contribution in [1.82, 2.24) is 5.32 Å². The number of piperidine rings is 1. The fourth-order valence-electron chi connectivity index (χ4n) is 2.48. The van der Waals surface area contributed by atoms with Crippen molar-refractivity contribution in [2.75, 3.05) is 20.2 Å². The number of methoxy groups -OCH3 is 1. The molecule has 1 aliphatic heterocycles. The van der Waals surface area contributed by atoms with Crippen LogP contribution in [0.2, 0.25) is 0 Å². The van der Waals surface area contributed by atoms with Gasteiger partial charge in [0.25, 0.3) is 0 Å². The zero-order chi connectivity index (χ0) is 12.3. The Labute approximate surface area is 102 Å². The number of hydrogen-bond donors (Lipinski definition) is 1. The van der Waals surface area contributed by atoms with Gasteiger partial charge in [0.15, 0.2) is 11.6 Å². The predicted molar refractivity (Wildman–Crippen MR) is 67.0 cm³/mol. The van der Waals surface area contributed by atoms with Crippen LogP contribution in [-0.4, -0.2) is 20.2 Å². The van der Waals surface area contributed by atoms with Gasteiger partial charge in [-0.2, -0.15) is 0 Å². The molecule has 1 aliphatic rings. The summed E-state index contributed by atoms with van der Waals surface area (Å²) in [6.07, 6.45) is 3.42. The summed E-state index contributed by atoms with van der Waals surface area (Å²) in [6, 6.07) is 3.42. The first-order valence-corrected chi connectivity index (χ1v) is 6.24. The SMILES string of the molecule is COc1cc(C)c(CC2CCCNC2)cc1F. The molecule has 1 unspecified atom stereocenters. The monoisotopic (exact) mass is 237 g/mol. The Hall–Kier alpha value is -1.09. The minimum absolute atomic E-state index is 0.253. The third kappa shape index (κ3) is 2.97. The van der Waals surface area contributed by atoms with Crippen molar-refractivity contribution in [3.05, 3.63) is 29.1 Å². The molecule has 1 aromatic carbocycles. The molecule has 0 bridgehead atoms. The Morgan fingerprint density at radius 1 is 1.47 bits per heavy atom. The van der Waals surface area contributed by atoms with Crippen molar-refractivity contribution < 1.29 is 9.13 Å². The molecule has 1 fully saturated rings. The van der Waals surface area contributed by atoms with E-state index in [0.29, 0.717) is 11.7 Å². The van der Waals surface area contributed by atoms with Crippen LogP contribution in [-0.2, 0) is 6.42 Å². The third-order valence-electron chi connectivity index (χ3n) is 3.52. The minimum Gasteiger partial charge on any atom is -0.494 e. The highest BCUT2D eigenvalue weighted by atomic mass is 19.1. The van der Waals surface area contributed by atoms with Gasteiger partial charge in [-0.1, -0.05) is 0 Å². The van der Waals surface area contributed by atoms with Crippen LogP contribution in [0.4, 0.5) is 4.39 Å². The highest BCUT2D eigenvalue weighted by molar-refractivity contribution is 5.36. The fourth-order valence-corrected chi connectivity index (χ4v) is 2.48. The summed E-state index contributed by atoms with van der Waals surface area (Å²) in [5.74, 6) is 0.722. The summed E-state index contributed by atoms with van der Waals surface area (Å²) < 4.78 is 18.6. The molecule has 2 nitrogen and oxygen atoms in total. The van der Waals surface area contributed by atoms with E-state index < -0.39 is 0 Å². The second-order valence-corrected chi connectivity index (χ2v) is 4.83. The van der Waals surface area contributed by atoms with Gasteiger partial charge >= 0.3 is 0 Å². The molecule has 1 N–H and O–H groups in total. The lowest BCUT2D eigenvalue weighted by Gasteiger charge is -2.23. The van der Waals surface area contributed by atoms with Crippen LogP contribution in [0.15, 0.2) is 12.1 Å². The Balaban J connectivity index is 2.12. The number of ether oxygens (including phenoxy) is 1. The lowest BCUT2D eigenvalue weighted by atomic mass is 9.90. The minimum atomic E-state index is -0.253. The van der Waals surface area contributed by atoms with Gasteiger partial charge in [0.05, 0.1) is 7.11 Å². The van der Waals surface area contributed by atoms with E-state index in [1.807, 2.05) is 6.92 Å². The largest absolute Gasteiger partial charge is 0.494 e. The maximum atomic E-state index is 13.6. The Bertz CT molecular complexity index is 386. The maximum Gasteiger partial charge on any atom is 0.165 e. The summed E-state index contributed by atoms with van der Waals surface area (Å²) in [5, 5.41) is 3.39. The molecule has 0 amide bonds. The van der Waals surface area contributed by atoms with Crippen LogP contribution in [0.3, 0.4) is 0 Å². The number of benzene rings is 1. The van der Waals surface area contributed by atoms with Gasteiger partial charge < -0.3 is 10.1 Å². The summed E-state index contributed by atoms with van der Waals surface area (Å²) in [5.41, 5.74) is 2.23. The number of aryl methyl sites for hydroxylation is 1. The zero-order valence-electron chi connectivity index (χ0n) is 10.6. The van der Waals surface area contributed by atoms with Crippen LogP contribution >= 0.6 is 0 Å². The molecule has 2 rings (SSSR count). The van der Waals surface area contributed by atoms with Crippen LogP contribution < -0.4 is 10.1 Å². The van der Waals surface area contributed by atoms with Crippen molar-refractivity contribution in [1.29, 1.82) is 0 Å². The third-order valence-corrected chi connectivity index (χ3v) is 3.52. The molecule has 1 aromatic rings. The van der Waals surface area contributed by atoms with E-state index in [0.717, 1.165) is 30.6 Å². The van der Waals surface area contributed by atoms with E-state index in [1.54, 1.807) is 12.1 Å². The summed E-state index contributed by atoms with van der Waals surface area (Å²) in [7, 11) is 1.50. The molecule has 0 radical (unpaired) electrons. The Morgan fingerprint density at radius 3 is 2.94 bits per heavy atom. The van der Waals surface area contributed by atoms with E-state index >= 15 is 0 Å². The Morgan fingerprint density at radius 2 is 2.29 bits per heavy atom.